The quantitative estimate of drug-likeness (QED) is 0.576. The van der Waals surface area contributed by atoms with E-state index in [1.807, 2.05) is 34.5 Å². The Balaban J connectivity index is 1.50. The molecular weight excluding hydrogens is 407 g/mol. The number of aromatic nitrogens is 1. The minimum Gasteiger partial charge on any atom is -0.352 e. The number of anilines is 1. The fraction of sp³-hybridized carbons (Fsp3) is 0.190. The lowest BCUT2D eigenvalue weighted by atomic mass is 10.0. The van der Waals surface area contributed by atoms with Crippen LogP contribution in [0, 0.1) is 5.82 Å². The summed E-state index contributed by atoms with van der Waals surface area (Å²) in [5, 5.41) is 8.58. The third-order valence-electron chi connectivity index (χ3n) is 4.76. The maximum atomic E-state index is 13.8. The molecule has 0 saturated carbocycles. The summed E-state index contributed by atoms with van der Waals surface area (Å²) in [4.78, 5) is 20.0. The number of rotatable bonds is 6. The first-order valence-corrected chi connectivity index (χ1v) is 10.5. The van der Waals surface area contributed by atoms with E-state index in [0.717, 1.165) is 10.6 Å². The Hall–Kier alpha value is -2.84. The number of carbonyl (C=O) groups excluding carboxylic acids is 1. The van der Waals surface area contributed by atoms with E-state index < -0.39 is 5.82 Å². The molecule has 1 fully saturated rings. The van der Waals surface area contributed by atoms with Crippen molar-refractivity contribution in [3.05, 3.63) is 82.6 Å². The predicted molar refractivity (Wildman–Crippen MR) is 116 cm³/mol. The van der Waals surface area contributed by atoms with Gasteiger partial charge in [-0.2, -0.15) is 0 Å². The fourth-order valence-corrected chi connectivity index (χ4v) is 4.62. The number of halogens is 1. The summed E-state index contributed by atoms with van der Waals surface area (Å²) in [5.41, 5.74) is 1.08. The Morgan fingerprint density at radius 1 is 1.21 bits per heavy atom. The summed E-state index contributed by atoms with van der Waals surface area (Å²) in [6, 6.07) is 15.8. The summed E-state index contributed by atoms with van der Waals surface area (Å²) in [5.74, 6) is -0.713. The van der Waals surface area contributed by atoms with Gasteiger partial charge in [-0.1, -0.05) is 24.3 Å². The van der Waals surface area contributed by atoms with Crippen molar-refractivity contribution in [2.24, 2.45) is 0 Å². The van der Waals surface area contributed by atoms with Gasteiger partial charge >= 0.3 is 0 Å². The summed E-state index contributed by atoms with van der Waals surface area (Å²) >= 11 is 7.22. The maximum absolute atomic E-state index is 13.8. The average molecular weight is 427 g/mol. The zero-order valence-electron chi connectivity index (χ0n) is 15.4. The number of thiocarbonyl (C=S) groups is 1. The summed E-state index contributed by atoms with van der Waals surface area (Å²) in [7, 11) is 0. The molecule has 0 bridgehead atoms. The summed E-state index contributed by atoms with van der Waals surface area (Å²) < 4.78 is 13.8. The van der Waals surface area contributed by atoms with Crippen LogP contribution in [0.5, 0.6) is 0 Å². The van der Waals surface area contributed by atoms with Gasteiger partial charge in [-0.05, 0) is 47.9 Å². The molecule has 2 aromatic heterocycles. The van der Waals surface area contributed by atoms with Crippen molar-refractivity contribution in [2.75, 3.05) is 11.9 Å². The topological polar surface area (TPSA) is 57.3 Å². The minimum absolute atomic E-state index is 0.0568. The molecule has 1 saturated heterocycles. The molecule has 0 unspecified atom stereocenters. The Morgan fingerprint density at radius 2 is 2.03 bits per heavy atom. The zero-order chi connectivity index (χ0) is 20.2. The van der Waals surface area contributed by atoms with Gasteiger partial charge < -0.3 is 15.5 Å². The third-order valence-corrected chi connectivity index (χ3v) is 6.06. The number of para-hydroxylation sites is 1. The molecule has 5 nitrogen and oxygen atoms in total. The molecule has 1 aliphatic heterocycles. The molecule has 0 aliphatic carbocycles. The highest BCUT2D eigenvalue weighted by molar-refractivity contribution is 7.80. The molecule has 0 radical (unpaired) electrons. The van der Waals surface area contributed by atoms with Gasteiger partial charge in [-0.3, -0.25) is 9.78 Å². The molecule has 1 amide bonds. The Labute approximate surface area is 177 Å². The van der Waals surface area contributed by atoms with Crippen LogP contribution >= 0.6 is 23.6 Å². The zero-order valence-corrected chi connectivity index (χ0v) is 17.0. The second-order valence-electron chi connectivity index (χ2n) is 6.61. The smallest absolute Gasteiger partial charge is 0.226 e. The Kier molecular flexibility index (Phi) is 5.82. The van der Waals surface area contributed by atoms with E-state index in [1.54, 1.807) is 35.7 Å². The molecule has 148 valence electrons. The number of carbonyl (C=O) groups is 1. The van der Waals surface area contributed by atoms with Crippen molar-refractivity contribution in [1.82, 2.24) is 15.2 Å². The van der Waals surface area contributed by atoms with Crippen LogP contribution in [0.25, 0.3) is 0 Å². The van der Waals surface area contributed by atoms with Crippen LogP contribution in [0.15, 0.2) is 66.2 Å². The molecule has 8 heteroatoms. The molecule has 1 aromatic carbocycles. The van der Waals surface area contributed by atoms with Crippen LogP contribution in [-0.4, -0.2) is 27.4 Å². The number of amides is 1. The van der Waals surface area contributed by atoms with E-state index >= 15 is 0 Å². The van der Waals surface area contributed by atoms with Gasteiger partial charge in [-0.15, -0.1) is 11.3 Å². The highest BCUT2D eigenvalue weighted by Crippen LogP contribution is 2.40. The summed E-state index contributed by atoms with van der Waals surface area (Å²) in [6.45, 7) is 0.415. The molecule has 3 heterocycles. The third kappa shape index (κ3) is 4.28. The largest absolute Gasteiger partial charge is 0.352 e. The Morgan fingerprint density at radius 3 is 2.76 bits per heavy atom. The molecular formula is C21H19FN4OS2. The van der Waals surface area contributed by atoms with E-state index in [2.05, 4.69) is 21.7 Å². The highest BCUT2D eigenvalue weighted by Gasteiger charge is 2.40. The van der Waals surface area contributed by atoms with E-state index in [9.17, 15) is 9.18 Å². The van der Waals surface area contributed by atoms with E-state index in [0.29, 0.717) is 11.7 Å². The number of pyridine rings is 1. The minimum atomic E-state index is -0.453. The number of thiophene rings is 1. The SMILES string of the molecule is O=C(CCN1C(=S)N[C@H](c2ccccn2)[C@@H]1c1cccs1)Nc1ccccc1F. The van der Waals surface area contributed by atoms with Crippen molar-refractivity contribution in [3.63, 3.8) is 0 Å². The van der Waals surface area contributed by atoms with E-state index in [1.165, 1.54) is 6.07 Å². The van der Waals surface area contributed by atoms with Crippen LogP contribution < -0.4 is 10.6 Å². The van der Waals surface area contributed by atoms with E-state index in [-0.39, 0.29) is 30.1 Å². The number of hydrogen-bond acceptors (Lipinski definition) is 4. The van der Waals surface area contributed by atoms with E-state index in [4.69, 9.17) is 12.2 Å². The molecule has 2 atom stereocenters. The summed E-state index contributed by atoms with van der Waals surface area (Å²) in [6.07, 6.45) is 1.95. The predicted octanol–water partition coefficient (Wildman–Crippen LogP) is 4.28. The van der Waals surface area contributed by atoms with Crippen molar-refractivity contribution in [3.8, 4) is 0 Å². The van der Waals surface area contributed by atoms with Gasteiger partial charge in [0, 0.05) is 24.0 Å². The molecule has 0 spiro atoms. The average Bonchev–Trinajstić information content (AvgIpc) is 3.36. The Bertz CT molecular complexity index is 997. The van der Waals surface area contributed by atoms with Crippen molar-refractivity contribution < 1.29 is 9.18 Å². The first kappa shape index (κ1) is 19.5. The molecule has 1 aliphatic rings. The number of nitrogens with zero attached hydrogens (tertiary/aromatic N) is 2. The number of benzene rings is 1. The molecule has 29 heavy (non-hydrogen) atoms. The van der Waals surface area contributed by atoms with Crippen LogP contribution in [-0.2, 0) is 4.79 Å². The highest BCUT2D eigenvalue weighted by atomic mass is 32.1. The number of nitrogens with one attached hydrogen (secondary N) is 2. The van der Waals surface area contributed by atoms with Gasteiger partial charge in [0.15, 0.2) is 5.11 Å². The van der Waals surface area contributed by atoms with Gasteiger partial charge in [0.1, 0.15) is 5.82 Å². The van der Waals surface area contributed by atoms with Crippen LogP contribution in [0.4, 0.5) is 10.1 Å². The lowest BCUT2D eigenvalue weighted by Crippen LogP contribution is -2.32. The van der Waals surface area contributed by atoms with Crippen molar-refractivity contribution >= 4 is 40.3 Å². The second kappa shape index (κ2) is 8.67. The standard InChI is InChI=1S/C21H19FN4OS2/c22-14-6-1-2-7-15(14)24-18(27)10-12-26-20(17-9-5-13-29-17)19(25-21(26)28)16-8-3-4-11-23-16/h1-9,11,13,19-20H,10,12H2,(H,24,27)(H,25,28)/t19-,20+/m1/s1. The monoisotopic (exact) mass is 426 g/mol. The number of hydrogen-bond donors (Lipinski definition) is 2. The van der Waals surface area contributed by atoms with Gasteiger partial charge in [0.2, 0.25) is 5.91 Å². The fourth-order valence-electron chi connectivity index (χ4n) is 3.41. The lowest BCUT2D eigenvalue weighted by Gasteiger charge is -2.26. The van der Waals surface area contributed by atoms with Gasteiger partial charge in [-0.25, -0.2) is 4.39 Å². The van der Waals surface area contributed by atoms with Crippen molar-refractivity contribution in [1.29, 1.82) is 0 Å². The maximum Gasteiger partial charge on any atom is 0.226 e. The molecule has 3 aromatic rings. The van der Waals surface area contributed by atoms with Crippen LogP contribution in [0.1, 0.15) is 29.1 Å². The first-order chi connectivity index (χ1) is 14.1. The van der Waals surface area contributed by atoms with Crippen LogP contribution in [0.3, 0.4) is 0 Å². The first-order valence-electron chi connectivity index (χ1n) is 9.19. The molecule has 4 rings (SSSR count). The van der Waals surface area contributed by atoms with Gasteiger partial charge in [0.25, 0.3) is 0 Å². The lowest BCUT2D eigenvalue weighted by molar-refractivity contribution is -0.116. The normalized spacial score (nSPS) is 18.5. The molecule has 2 N–H and O–H groups in total. The van der Waals surface area contributed by atoms with Crippen LogP contribution in [0.2, 0.25) is 0 Å². The van der Waals surface area contributed by atoms with Gasteiger partial charge in [0.05, 0.1) is 23.5 Å². The second-order valence-corrected chi connectivity index (χ2v) is 7.98. The van der Waals surface area contributed by atoms with Crippen molar-refractivity contribution in [2.45, 2.75) is 18.5 Å².